The van der Waals surface area contributed by atoms with Crippen LogP contribution in [0.15, 0.2) is 35.2 Å². The molecule has 0 bridgehead atoms. The van der Waals surface area contributed by atoms with Crippen LogP contribution in [0.3, 0.4) is 0 Å². The molecule has 3 N–H and O–H groups in total. The van der Waals surface area contributed by atoms with E-state index in [1.54, 1.807) is 18.2 Å². The van der Waals surface area contributed by atoms with Crippen LogP contribution in [-0.4, -0.2) is 19.6 Å². The van der Waals surface area contributed by atoms with E-state index < -0.39 is 10.1 Å². The third-order valence-corrected chi connectivity index (χ3v) is 2.23. The Morgan fingerprint density at radius 2 is 1.87 bits per heavy atom. The minimum Gasteiger partial charge on any atom is -0.305 e. The maximum Gasteiger partial charge on any atom is 0.294 e. The van der Waals surface area contributed by atoms with Gasteiger partial charge in [0.05, 0.1) is 11.5 Å². The van der Waals surface area contributed by atoms with Crippen molar-refractivity contribution in [1.82, 2.24) is 0 Å². The molecule has 0 saturated heterocycles. The van der Waals surface area contributed by atoms with Crippen molar-refractivity contribution in [3.8, 4) is 0 Å². The molecule has 0 unspecified atom stereocenters. The Bertz CT molecular complexity index is 348. The predicted molar refractivity (Wildman–Crippen MR) is 56.7 cm³/mol. The molecule has 0 aliphatic heterocycles. The van der Waals surface area contributed by atoms with Gasteiger partial charge in [0.1, 0.15) is 0 Å². The highest BCUT2D eigenvalue weighted by Crippen LogP contribution is 2.05. The first-order chi connectivity index (χ1) is 7.02. The molecule has 1 rings (SSSR count). The molecule has 6 heteroatoms. The molecule has 0 amide bonds. The molecule has 0 saturated carbocycles. The minimum absolute atomic E-state index is 0.0741. The third-order valence-electron chi connectivity index (χ3n) is 1.36. The second-order valence-electron chi connectivity index (χ2n) is 2.66. The summed E-state index contributed by atoms with van der Waals surface area (Å²) in [5, 5.41) is 0. The highest BCUT2D eigenvalue weighted by Gasteiger charge is 2.05. The van der Waals surface area contributed by atoms with E-state index in [1.165, 1.54) is 12.1 Å². The van der Waals surface area contributed by atoms with E-state index in [-0.39, 0.29) is 4.90 Å². The summed E-state index contributed by atoms with van der Waals surface area (Å²) >= 11 is 0. The molecule has 0 heterocycles. The van der Waals surface area contributed by atoms with Gasteiger partial charge in [-0.3, -0.25) is 4.55 Å². The summed E-state index contributed by atoms with van der Waals surface area (Å²) in [6.07, 6.45) is 0.997. The van der Waals surface area contributed by atoms with Gasteiger partial charge in [0.2, 0.25) is 0 Å². The van der Waals surface area contributed by atoms with E-state index >= 15 is 0 Å². The monoisotopic (exact) mass is 233 g/mol. The lowest BCUT2D eigenvalue weighted by Gasteiger charge is -1.92. The molecule has 15 heavy (non-hydrogen) atoms. The lowest BCUT2D eigenvalue weighted by atomic mass is 10.4. The fraction of sp³-hybridized carbons (Fsp3) is 0.333. The molecule has 0 aromatic heterocycles. The van der Waals surface area contributed by atoms with Gasteiger partial charge < -0.3 is 4.84 Å². The van der Waals surface area contributed by atoms with E-state index in [0.29, 0.717) is 6.61 Å². The average Bonchev–Trinajstić information content (AvgIpc) is 2.20. The molecule has 0 aliphatic carbocycles. The van der Waals surface area contributed by atoms with Crippen LogP contribution < -0.4 is 5.90 Å². The Balaban J connectivity index is 0.000000336. The predicted octanol–water partition coefficient (Wildman–Crippen LogP) is 1.22. The number of nitrogens with two attached hydrogens (primary N) is 1. The molecule has 0 radical (unpaired) electrons. The second kappa shape index (κ2) is 7.36. The molecule has 1 aromatic rings. The topological polar surface area (TPSA) is 89.6 Å². The van der Waals surface area contributed by atoms with Gasteiger partial charge in [0.15, 0.2) is 0 Å². The van der Waals surface area contributed by atoms with Crippen LogP contribution >= 0.6 is 0 Å². The Morgan fingerprint density at radius 3 is 2.07 bits per heavy atom. The lowest BCUT2D eigenvalue weighted by Crippen LogP contribution is -1.97. The summed E-state index contributed by atoms with van der Waals surface area (Å²) in [4.78, 5) is 4.12. The maximum atomic E-state index is 10.4. The molecule has 86 valence electrons. The quantitative estimate of drug-likeness (QED) is 0.605. The second-order valence-corrected chi connectivity index (χ2v) is 4.08. The van der Waals surface area contributed by atoms with E-state index in [2.05, 4.69) is 10.7 Å². The number of rotatable bonds is 3. The molecule has 5 nitrogen and oxygen atoms in total. The van der Waals surface area contributed by atoms with E-state index in [4.69, 9.17) is 4.55 Å². The highest BCUT2D eigenvalue weighted by atomic mass is 32.2. The summed E-state index contributed by atoms with van der Waals surface area (Å²) in [6, 6.07) is 7.42. The van der Waals surface area contributed by atoms with Crippen molar-refractivity contribution in [3.63, 3.8) is 0 Å². The first kappa shape index (κ1) is 14.1. The van der Waals surface area contributed by atoms with Crippen LogP contribution in [0.5, 0.6) is 0 Å². The van der Waals surface area contributed by atoms with Crippen molar-refractivity contribution in [3.05, 3.63) is 30.3 Å². The molecule has 1 aromatic carbocycles. The summed E-state index contributed by atoms with van der Waals surface area (Å²) < 4.78 is 29.2. The van der Waals surface area contributed by atoms with Crippen molar-refractivity contribution in [2.45, 2.75) is 18.2 Å². The largest absolute Gasteiger partial charge is 0.305 e. The van der Waals surface area contributed by atoms with Gasteiger partial charge in [0, 0.05) is 0 Å². The van der Waals surface area contributed by atoms with Gasteiger partial charge in [-0.2, -0.15) is 8.42 Å². The van der Waals surface area contributed by atoms with Crippen LogP contribution in [-0.2, 0) is 15.0 Å². The van der Waals surface area contributed by atoms with Gasteiger partial charge in [-0.25, -0.2) is 5.90 Å². The van der Waals surface area contributed by atoms with Crippen LogP contribution in [0.25, 0.3) is 0 Å². The molecule has 0 fully saturated rings. The SMILES string of the molecule is CCCON.O=S(=O)(O)c1ccccc1. The van der Waals surface area contributed by atoms with Gasteiger partial charge in [-0.15, -0.1) is 0 Å². The van der Waals surface area contributed by atoms with Crippen molar-refractivity contribution >= 4 is 10.1 Å². The van der Waals surface area contributed by atoms with Gasteiger partial charge in [-0.1, -0.05) is 25.1 Å². The summed E-state index contributed by atoms with van der Waals surface area (Å²) in [7, 11) is -4.00. The molecular weight excluding hydrogens is 218 g/mol. The van der Waals surface area contributed by atoms with Crippen molar-refractivity contribution in [1.29, 1.82) is 0 Å². The number of benzene rings is 1. The fourth-order valence-electron chi connectivity index (χ4n) is 0.710. The fourth-order valence-corrected chi connectivity index (χ4v) is 1.21. The average molecular weight is 233 g/mol. The molecule has 0 aliphatic rings. The normalized spacial score (nSPS) is 10.3. The molecule has 0 atom stereocenters. The van der Waals surface area contributed by atoms with Gasteiger partial charge in [-0.05, 0) is 18.6 Å². The Labute approximate surface area is 89.6 Å². The lowest BCUT2D eigenvalue weighted by molar-refractivity contribution is 0.138. The zero-order chi connectivity index (χ0) is 11.7. The Morgan fingerprint density at radius 1 is 1.33 bits per heavy atom. The first-order valence-corrected chi connectivity index (χ1v) is 5.80. The van der Waals surface area contributed by atoms with Crippen molar-refractivity contribution < 1.29 is 17.8 Å². The van der Waals surface area contributed by atoms with Crippen LogP contribution in [0, 0.1) is 0 Å². The van der Waals surface area contributed by atoms with E-state index in [9.17, 15) is 8.42 Å². The van der Waals surface area contributed by atoms with Crippen LogP contribution in [0.1, 0.15) is 13.3 Å². The molecular formula is C9H15NO4S. The van der Waals surface area contributed by atoms with Crippen molar-refractivity contribution in [2.24, 2.45) is 5.90 Å². The number of hydrogen-bond acceptors (Lipinski definition) is 4. The molecule has 0 spiro atoms. The standard InChI is InChI=1S/C6H6O3S.C3H9NO/c7-10(8,9)6-4-2-1-3-5-6;1-2-3-5-4/h1-5H,(H,7,8,9);2-4H2,1H3. The summed E-state index contributed by atoms with van der Waals surface area (Å²) in [6.45, 7) is 2.67. The van der Waals surface area contributed by atoms with Gasteiger partial charge >= 0.3 is 0 Å². The van der Waals surface area contributed by atoms with Crippen LogP contribution in [0.4, 0.5) is 0 Å². The Hall–Kier alpha value is -0.950. The summed E-state index contributed by atoms with van der Waals surface area (Å²) in [5.74, 6) is 4.64. The Kier molecular flexibility index (Phi) is 6.89. The smallest absolute Gasteiger partial charge is 0.294 e. The van der Waals surface area contributed by atoms with E-state index in [1.807, 2.05) is 6.92 Å². The van der Waals surface area contributed by atoms with Crippen LogP contribution in [0.2, 0.25) is 0 Å². The maximum absolute atomic E-state index is 10.4. The van der Waals surface area contributed by atoms with Crippen molar-refractivity contribution in [2.75, 3.05) is 6.61 Å². The van der Waals surface area contributed by atoms with E-state index in [0.717, 1.165) is 6.42 Å². The minimum atomic E-state index is -4.00. The number of hydrogen-bond donors (Lipinski definition) is 2. The zero-order valence-corrected chi connectivity index (χ0v) is 9.28. The summed E-state index contributed by atoms with van der Waals surface area (Å²) in [5.41, 5.74) is 0. The zero-order valence-electron chi connectivity index (χ0n) is 8.46. The first-order valence-electron chi connectivity index (χ1n) is 4.36. The highest BCUT2D eigenvalue weighted by molar-refractivity contribution is 7.85. The van der Waals surface area contributed by atoms with Gasteiger partial charge in [0.25, 0.3) is 10.1 Å². The third kappa shape index (κ3) is 7.03.